The van der Waals surface area contributed by atoms with Gasteiger partial charge in [-0.15, -0.1) is 0 Å². The molecule has 7 heteroatoms. The molecule has 0 amide bonds. The second-order valence-electron chi connectivity index (χ2n) is 6.97. The van der Waals surface area contributed by atoms with E-state index in [1.54, 1.807) is 4.52 Å². The van der Waals surface area contributed by atoms with Gasteiger partial charge in [-0.2, -0.15) is 5.10 Å². The van der Waals surface area contributed by atoms with Gasteiger partial charge in [0.15, 0.2) is 5.65 Å². The number of imidazole rings is 1. The average Bonchev–Trinajstić information content (AvgIpc) is 3.18. The van der Waals surface area contributed by atoms with Gasteiger partial charge in [-0.3, -0.25) is 0 Å². The standard InChI is InChI=1S/C21H21F2N5/c1-4-5-16-19(26-28-9-8-13(2)24-21(16)28)12-27-11-14(3)25-20(27)17-10-15(22)6-7-18(17)23/h6-11H,4-5,12H2,1-3H3. The second kappa shape index (κ2) is 7.14. The Bertz CT molecular complexity index is 1160. The zero-order chi connectivity index (χ0) is 19.8. The number of nitrogens with zero attached hydrogens (tertiary/aromatic N) is 5. The zero-order valence-corrected chi connectivity index (χ0v) is 16.1. The molecule has 0 bridgehead atoms. The minimum Gasteiger partial charge on any atom is -0.325 e. The predicted octanol–water partition coefficient (Wildman–Crippen LogP) is 4.49. The van der Waals surface area contributed by atoms with Crippen molar-refractivity contribution in [2.24, 2.45) is 0 Å². The van der Waals surface area contributed by atoms with E-state index in [9.17, 15) is 8.78 Å². The summed E-state index contributed by atoms with van der Waals surface area (Å²) in [7, 11) is 0. The largest absolute Gasteiger partial charge is 0.325 e. The Balaban J connectivity index is 1.82. The number of fused-ring (bicyclic) bond motifs is 1. The lowest BCUT2D eigenvalue weighted by atomic mass is 10.1. The van der Waals surface area contributed by atoms with Gasteiger partial charge in [0.05, 0.1) is 23.5 Å². The molecule has 0 fully saturated rings. The van der Waals surface area contributed by atoms with Gasteiger partial charge < -0.3 is 4.57 Å². The molecule has 0 spiro atoms. The molecular weight excluding hydrogens is 360 g/mol. The third kappa shape index (κ3) is 3.28. The molecule has 0 radical (unpaired) electrons. The highest BCUT2D eigenvalue weighted by molar-refractivity contribution is 5.58. The summed E-state index contributed by atoms with van der Waals surface area (Å²) in [5, 5.41) is 4.69. The van der Waals surface area contributed by atoms with E-state index in [2.05, 4.69) is 22.0 Å². The minimum atomic E-state index is -0.505. The highest BCUT2D eigenvalue weighted by atomic mass is 19.1. The first-order valence-electron chi connectivity index (χ1n) is 9.29. The summed E-state index contributed by atoms with van der Waals surface area (Å²) in [6.45, 7) is 6.30. The van der Waals surface area contributed by atoms with Crippen LogP contribution < -0.4 is 0 Å². The van der Waals surface area contributed by atoms with Crippen molar-refractivity contribution in [3.63, 3.8) is 0 Å². The molecule has 0 N–H and O–H groups in total. The van der Waals surface area contributed by atoms with Crippen LogP contribution in [0.25, 0.3) is 17.0 Å². The van der Waals surface area contributed by atoms with Crippen molar-refractivity contribution in [3.8, 4) is 11.4 Å². The molecule has 3 aromatic heterocycles. The Kier molecular flexibility index (Phi) is 4.66. The maximum atomic E-state index is 14.3. The first kappa shape index (κ1) is 18.3. The molecule has 5 nitrogen and oxygen atoms in total. The summed E-state index contributed by atoms with van der Waals surface area (Å²) in [5.41, 5.74) is 4.57. The minimum absolute atomic E-state index is 0.142. The monoisotopic (exact) mass is 381 g/mol. The van der Waals surface area contributed by atoms with Gasteiger partial charge in [0, 0.05) is 23.7 Å². The van der Waals surface area contributed by atoms with Crippen molar-refractivity contribution >= 4 is 5.65 Å². The Morgan fingerprint density at radius 3 is 2.64 bits per heavy atom. The molecule has 0 aliphatic heterocycles. The second-order valence-corrected chi connectivity index (χ2v) is 6.97. The lowest BCUT2D eigenvalue weighted by Gasteiger charge is -2.09. The Morgan fingerprint density at radius 2 is 1.86 bits per heavy atom. The summed E-state index contributed by atoms with van der Waals surface area (Å²) < 4.78 is 31.7. The smallest absolute Gasteiger partial charge is 0.158 e. The van der Waals surface area contributed by atoms with E-state index in [0.29, 0.717) is 12.4 Å². The van der Waals surface area contributed by atoms with Crippen LogP contribution in [-0.4, -0.2) is 24.1 Å². The van der Waals surface area contributed by atoms with Gasteiger partial charge in [-0.05, 0) is 44.5 Å². The van der Waals surface area contributed by atoms with Gasteiger partial charge in [0.25, 0.3) is 0 Å². The lowest BCUT2D eigenvalue weighted by molar-refractivity contribution is 0.600. The van der Waals surface area contributed by atoms with Crippen LogP contribution in [0.2, 0.25) is 0 Å². The van der Waals surface area contributed by atoms with E-state index in [1.807, 2.05) is 36.9 Å². The third-order valence-electron chi connectivity index (χ3n) is 4.69. The molecule has 4 rings (SSSR count). The topological polar surface area (TPSA) is 48.0 Å². The molecule has 144 valence electrons. The number of aryl methyl sites for hydroxylation is 3. The van der Waals surface area contributed by atoms with Gasteiger partial charge in [-0.25, -0.2) is 23.3 Å². The van der Waals surface area contributed by atoms with Crippen LogP contribution in [0, 0.1) is 25.5 Å². The van der Waals surface area contributed by atoms with Gasteiger partial charge in [-0.1, -0.05) is 13.3 Å². The summed E-state index contributed by atoms with van der Waals surface area (Å²) in [6.07, 6.45) is 5.52. The Labute approximate surface area is 161 Å². The maximum Gasteiger partial charge on any atom is 0.158 e. The number of halogens is 2. The van der Waals surface area contributed by atoms with Crippen LogP contribution in [0.1, 0.15) is 36.0 Å². The first-order chi connectivity index (χ1) is 13.5. The van der Waals surface area contributed by atoms with Gasteiger partial charge in [0.1, 0.15) is 17.5 Å². The average molecular weight is 381 g/mol. The van der Waals surface area contributed by atoms with E-state index in [4.69, 9.17) is 0 Å². The van der Waals surface area contributed by atoms with Crippen LogP contribution in [0.3, 0.4) is 0 Å². The molecule has 28 heavy (non-hydrogen) atoms. The molecule has 4 aromatic rings. The fourth-order valence-corrected chi connectivity index (χ4v) is 3.46. The zero-order valence-electron chi connectivity index (χ0n) is 16.1. The molecule has 1 aromatic carbocycles. The fourth-order valence-electron chi connectivity index (χ4n) is 3.46. The van der Waals surface area contributed by atoms with Crippen LogP contribution in [-0.2, 0) is 13.0 Å². The number of hydrogen-bond acceptors (Lipinski definition) is 3. The number of hydrogen-bond donors (Lipinski definition) is 0. The normalized spacial score (nSPS) is 11.5. The van der Waals surface area contributed by atoms with E-state index < -0.39 is 11.6 Å². The number of rotatable bonds is 5. The third-order valence-corrected chi connectivity index (χ3v) is 4.69. The Morgan fingerprint density at radius 1 is 1.04 bits per heavy atom. The van der Waals surface area contributed by atoms with Gasteiger partial charge in [0.2, 0.25) is 0 Å². The molecule has 0 saturated heterocycles. The van der Waals surface area contributed by atoms with Crippen LogP contribution >= 0.6 is 0 Å². The van der Waals surface area contributed by atoms with Crippen LogP contribution in [0.4, 0.5) is 8.78 Å². The molecular formula is C21H21F2N5. The molecule has 0 aliphatic carbocycles. The summed E-state index contributed by atoms with van der Waals surface area (Å²) in [4.78, 5) is 9.06. The summed E-state index contributed by atoms with van der Waals surface area (Å²) in [5.74, 6) is -0.616. The number of benzene rings is 1. The molecule has 0 unspecified atom stereocenters. The Hall–Kier alpha value is -3.09. The molecule has 0 aliphatic rings. The summed E-state index contributed by atoms with van der Waals surface area (Å²) >= 11 is 0. The van der Waals surface area contributed by atoms with Crippen molar-refractivity contribution in [1.82, 2.24) is 24.1 Å². The van der Waals surface area contributed by atoms with E-state index in [1.165, 1.54) is 6.07 Å². The lowest BCUT2D eigenvalue weighted by Crippen LogP contribution is -2.05. The van der Waals surface area contributed by atoms with Crippen molar-refractivity contribution in [3.05, 3.63) is 70.9 Å². The molecule has 3 heterocycles. The van der Waals surface area contributed by atoms with Crippen molar-refractivity contribution in [1.29, 1.82) is 0 Å². The van der Waals surface area contributed by atoms with E-state index in [0.717, 1.165) is 53.3 Å². The quantitative estimate of drug-likeness (QED) is 0.512. The van der Waals surface area contributed by atoms with Gasteiger partial charge >= 0.3 is 0 Å². The SMILES string of the molecule is CCCc1c(Cn2cc(C)nc2-c2cc(F)ccc2F)nn2ccc(C)nc12. The van der Waals surface area contributed by atoms with Crippen molar-refractivity contribution < 1.29 is 8.78 Å². The van der Waals surface area contributed by atoms with Crippen LogP contribution in [0.5, 0.6) is 0 Å². The van der Waals surface area contributed by atoms with Crippen molar-refractivity contribution in [2.45, 2.75) is 40.2 Å². The highest BCUT2D eigenvalue weighted by Gasteiger charge is 2.18. The number of aromatic nitrogens is 5. The highest BCUT2D eigenvalue weighted by Crippen LogP contribution is 2.25. The van der Waals surface area contributed by atoms with E-state index in [-0.39, 0.29) is 5.56 Å². The predicted molar refractivity (Wildman–Crippen MR) is 103 cm³/mol. The maximum absolute atomic E-state index is 14.3. The molecule has 0 saturated carbocycles. The van der Waals surface area contributed by atoms with Crippen molar-refractivity contribution in [2.75, 3.05) is 0 Å². The summed E-state index contributed by atoms with van der Waals surface area (Å²) in [6, 6.07) is 5.32. The fraction of sp³-hybridized carbons (Fsp3) is 0.286. The first-order valence-corrected chi connectivity index (χ1v) is 9.29. The van der Waals surface area contributed by atoms with Crippen LogP contribution in [0.15, 0.2) is 36.7 Å². The molecule has 0 atom stereocenters. The van der Waals surface area contributed by atoms with E-state index >= 15 is 0 Å².